The first kappa shape index (κ1) is 18.3. The quantitative estimate of drug-likeness (QED) is 0.308. The topological polar surface area (TPSA) is 93.9 Å². The van der Waals surface area contributed by atoms with Crippen LogP contribution in [0.25, 0.3) is 11.3 Å². The number of nitrogens with zero attached hydrogens (tertiary/aromatic N) is 3. The van der Waals surface area contributed by atoms with Gasteiger partial charge in [-0.25, -0.2) is 10.4 Å². The van der Waals surface area contributed by atoms with Crippen molar-refractivity contribution in [3.8, 4) is 17.3 Å². The number of halogens is 2. The number of aromatic amines is 1. The van der Waals surface area contributed by atoms with Crippen molar-refractivity contribution < 1.29 is 0 Å². The minimum atomic E-state index is -0.519. The Hall–Kier alpha value is -2.51. The number of H-pyrrole nitrogens is 1. The van der Waals surface area contributed by atoms with Crippen LogP contribution in [0.2, 0.25) is 0 Å². The molecule has 0 aliphatic heterocycles. The molecule has 0 aliphatic rings. The smallest absolute Gasteiger partial charge is 0.270 e. The molecule has 1 aromatic heterocycles. The number of benzene rings is 2. The summed E-state index contributed by atoms with van der Waals surface area (Å²) in [6, 6.07) is 16.8. The molecule has 0 amide bonds. The van der Waals surface area contributed by atoms with E-state index in [-0.39, 0.29) is 11.5 Å². The van der Waals surface area contributed by atoms with Crippen LogP contribution >= 0.6 is 38.5 Å². The molecule has 1 heterocycles. The number of anilines is 1. The molecule has 0 fully saturated rings. The van der Waals surface area contributed by atoms with Gasteiger partial charge < -0.3 is 0 Å². The summed E-state index contributed by atoms with van der Waals surface area (Å²) in [6.45, 7) is 0. The summed E-state index contributed by atoms with van der Waals surface area (Å²) < 4.78 is 1.99. The van der Waals surface area contributed by atoms with Crippen molar-refractivity contribution in [2.75, 3.05) is 5.43 Å². The fourth-order valence-electron chi connectivity index (χ4n) is 2.22. The van der Waals surface area contributed by atoms with Crippen LogP contribution in [0.1, 0.15) is 11.1 Å². The zero-order chi connectivity index (χ0) is 18.5. The molecule has 6 nitrogen and oxygen atoms in total. The molecule has 0 spiro atoms. The molecule has 0 bridgehead atoms. The van der Waals surface area contributed by atoms with E-state index in [1.165, 1.54) is 0 Å². The average Bonchev–Trinajstić information content (AvgIpc) is 2.65. The molecule has 0 aliphatic carbocycles. The molecule has 8 heteroatoms. The second-order valence-corrected chi connectivity index (χ2v) is 7.08. The summed E-state index contributed by atoms with van der Waals surface area (Å²) in [7, 11) is 0. The number of nitrogens with one attached hydrogen (secondary N) is 2. The van der Waals surface area contributed by atoms with E-state index < -0.39 is 5.56 Å². The van der Waals surface area contributed by atoms with Crippen LogP contribution in [0.15, 0.2) is 62.9 Å². The van der Waals surface area contributed by atoms with Crippen LogP contribution in [0.4, 0.5) is 5.95 Å². The molecule has 3 rings (SSSR count). The highest BCUT2D eigenvalue weighted by molar-refractivity contribution is 14.1. The molecule has 128 valence electrons. The third kappa shape index (κ3) is 4.00. The van der Waals surface area contributed by atoms with E-state index in [0.29, 0.717) is 11.3 Å². The highest BCUT2D eigenvalue weighted by atomic mass is 127. The zero-order valence-electron chi connectivity index (χ0n) is 13.2. The Morgan fingerprint density at radius 2 is 2.00 bits per heavy atom. The Morgan fingerprint density at radius 3 is 2.73 bits per heavy atom. The van der Waals surface area contributed by atoms with E-state index in [2.05, 4.69) is 59.0 Å². The van der Waals surface area contributed by atoms with Crippen LogP contribution < -0.4 is 11.0 Å². The van der Waals surface area contributed by atoms with Crippen molar-refractivity contribution in [3.63, 3.8) is 0 Å². The maximum Gasteiger partial charge on any atom is 0.270 e. The minimum Gasteiger partial charge on any atom is -0.290 e. The first-order valence-corrected chi connectivity index (χ1v) is 9.30. The fraction of sp³-hybridized carbons (Fsp3) is 0. The van der Waals surface area contributed by atoms with Gasteiger partial charge in [-0.05, 0) is 44.6 Å². The molecule has 26 heavy (non-hydrogen) atoms. The number of hydrogen-bond acceptors (Lipinski definition) is 5. The van der Waals surface area contributed by atoms with Gasteiger partial charge in [-0.2, -0.15) is 10.4 Å². The zero-order valence-corrected chi connectivity index (χ0v) is 16.9. The van der Waals surface area contributed by atoms with Crippen molar-refractivity contribution in [2.45, 2.75) is 0 Å². The molecular formula is C18H11BrIN5O. The maximum atomic E-state index is 12.2. The van der Waals surface area contributed by atoms with Crippen molar-refractivity contribution in [1.82, 2.24) is 9.97 Å². The standard InChI is InChI=1S/C18H11BrIN5O/c19-15-12(7-4-8-14(15)20)10-22-25-18-23-16(11-5-2-1-3-6-11)13(9-21)17(26)24-18/h1-8,10H,(H2,23,24,25,26). The van der Waals surface area contributed by atoms with Crippen molar-refractivity contribution >= 4 is 50.7 Å². The lowest BCUT2D eigenvalue weighted by atomic mass is 10.1. The van der Waals surface area contributed by atoms with Crippen LogP contribution in [0.3, 0.4) is 0 Å². The molecule has 0 radical (unpaired) electrons. The normalized spacial score (nSPS) is 10.7. The monoisotopic (exact) mass is 519 g/mol. The largest absolute Gasteiger partial charge is 0.290 e. The van der Waals surface area contributed by atoms with Crippen molar-refractivity contribution in [1.29, 1.82) is 5.26 Å². The van der Waals surface area contributed by atoms with Crippen LogP contribution in [-0.2, 0) is 0 Å². The highest BCUT2D eigenvalue weighted by Gasteiger charge is 2.12. The van der Waals surface area contributed by atoms with Gasteiger partial charge in [0.25, 0.3) is 5.56 Å². The number of rotatable bonds is 4. The second-order valence-electron chi connectivity index (χ2n) is 5.13. The number of hydrogen-bond donors (Lipinski definition) is 2. The molecule has 3 aromatic rings. The van der Waals surface area contributed by atoms with Crippen LogP contribution in [0, 0.1) is 14.9 Å². The molecule has 0 saturated carbocycles. The molecule has 0 unspecified atom stereocenters. The van der Waals surface area contributed by atoms with Gasteiger partial charge in [-0.3, -0.25) is 9.78 Å². The summed E-state index contributed by atoms with van der Waals surface area (Å²) in [6.07, 6.45) is 1.62. The van der Waals surface area contributed by atoms with E-state index in [4.69, 9.17) is 0 Å². The summed E-state index contributed by atoms with van der Waals surface area (Å²) in [5.74, 6) is 0.158. The Labute approximate surface area is 171 Å². The number of aromatic nitrogens is 2. The van der Waals surface area contributed by atoms with E-state index in [1.54, 1.807) is 18.3 Å². The van der Waals surface area contributed by atoms with Gasteiger partial charge in [0, 0.05) is 19.2 Å². The van der Waals surface area contributed by atoms with Gasteiger partial charge in [-0.1, -0.05) is 42.5 Å². The van der Waals surface area contributed by atoms with E-state index in [9.17, 15) is 10.1 Å². The van der Waals surface area contributed by atoms with E-state index >= 15 is 0 Å². The molecule has 0 saturated heterocycles. The first-order chi connectivity index (χ1) is 12.6. The van der Waals surface area contributed by atoms with Gasteiger partial charge in [0.2, 0.25) is 5.95 Å². The average molecular weight is 520 g/mol. The summed E-state index contributed by atoms with van der Waals surface area (Å²) >= 11 is 5.72. The molecular weight excluding hydrogens is 509 g/mol. The van der Waals surface area contributed by atoms with Gasteiger partial charge in [0.15, 0.2) is 0 Å². The third-order valence-corrected chi connectivity index (χ3v) is 5.96. The van der Waals surface area contributed by atoms with Gasteiger partial charge in [-0.15, -0.1) is 0 Å². The van der Waals surface area contributed by atoms with E-state index in [1.807, 2.05) is 42.5 Å². The number of hydrazone groups is 1. The maximum absolute atomic E-state index is 12.2. The SMILES string of the molecule is N#Cc1c(-c2ccccc2)nc(NN=Cc2cccc(I)c2Br)[nH]c1=O. The van der Waals surface area contributed by atoms with Crippen molar-refractivity contribution in [3.05, 3.63) is 78.1 Å². The Kier molecular flexibility index (Phi) is 5.80. The Balaban J connectivity index is 1.93. The minimum absolute atomic E-state index is 0.0360. The van der Waals surface area contributed by atoms with Crippen LogP contribution in [-0.4, -0.2) is 16.2 Å². The lowest BCUT2D eigenvalue weighted by molar-refractivity contribution is 1.08. The van der Waals surface area contributed by atoms with Gasteiger partial charge >= 0.3 is 0 Å². The second kappa shape index (κ2) is 8.25. The number of nitriles is 1. The Bertz CT molecular complexity index is 1070. The molecule has 2 aromatic carbocycles. The van der Waals surface area contributed by atoms with Crippen LogP contribution in [0.5, 0.6) is 0 Å². The van der Waals surface area contributed by atoms with Gasteiger partial charge in [0.1, 0.15) is 11.6 Å². The first-order valence-electron chi connectivity index (χ1n) is 7.43. The van der Waals surface area contributed by atoms with E-state index in [0.717, 1.165) is 13.6 Å². The lowest BCUT2D eigenvalue weighted by Gasteiger charge is -2.06. The summed E-state index contributed by atoms with van der Waals surface area (Å²) in [5, 5.41) is 13.4. The van der Waals surface area contributed by atoms with Gasteiger partial charge in [0.05, 0.1) is 11.9 Å². The molecule has 0 atom stereocenters. The lowest BCUT2D eigenvalue weighted by Crippen LogP contribution is -2.16. The van der Waals surface area contributed by atoms with Crippen molar-refractivity contribution in [2.24, 2.45) is 5.10 Å². The fourth-order valence-corrected chi connectivity index (χ4v) is 3.10. The predicted molar refractivity (Wildman–Crippen MR) is 113 cm³/mol. The highest BCUT2D eigenvalue weighted by Crippen LogP contribution is 2.22. The predicted octanol–water partition coefficient (Wildman–Crippen LogP) is 4.12. The third-order valence-electron chi connectivity index (χ3n) is 3.43. The molecule has 2 N–H and O–H groups in total. The summed E-state index contributed by atoms with van der Waals surface area (Å²) in [5.41, 5.74) is 4.03. The summed E-state index contributed by atoms with van der Waals surface area (Å²) in [4.78, 5) is 19.0. The Morgan fingerprint density at radius 1 is 1.23 bits per heavy atom.